The number of hydrogen-bond acceptors (Lipinski definition) is 6. The van der Waals surface area contributed by atoms with Crippen LogP contribution in [0, 0.1) is 0 Å². The average molecular weight is 378 g/mol. The highest BCUT2D eigenvalue weighted by molar-refractivity contribution is 5.83. The van der Waals surface area contributed by atoms with E-state index in [4.69, 9.17) is 13.9 Å². The van der Waals surface area contributed by atoms with Crippen LogP contribution in [0.2, 0.25) is 0 Å². The van der Waals surface area contributed by atoms with E-state index in [-0.39, 0.29) is 0 Å². The van der Waals surface area contributed by atoms with Crippen molar-refractivity contribution in [2.24, 2.45) is 0 Å². The molecule has 0 radical (unpaired) electrons. The van der Waals surface area contributed by atoms with E-state index in [1.807, 2.05) is 24.3 Å². The van der Waals surface area contributed by atoms with Gasteiger partial charge in [-0.2, -0.15) is 0 Å². The number of benzene rings is 2. The van der Waals surface area contributed by atoms with Crippen molar-refractivity contribution in [1.29, 1.82) is 0 Å². The SMILES string of the molecule is COc1ccc(-c2nnc(CNCCc3c[nH]c4ccccc34)o2)cc1OC. The van der Waals surface area contributed by atoms with Gasteiger partial charge in [-0.1, -0.05) is 18.2 Å². The zero-order valence-corrected chi connectivity index (χ0v) is 15.9. The number of rotatable bonds is 8. The Balaban J connectivity index is 1.35. The van der Waals surface area contributed by atoms with Crippen molar-refractivity contribution in [2.75, 3.05) is 20.8 Å². The van der Waals surface area contributed by atoms with Gasteiger partial charge in [-0.25, -0.2) is 0 Å². The number of methoxy groups -OCH3 is 2. The lowest BCUT2D eigenvalue weighted by molar-refractivity contribution is 0.355. The third-order valence-corrected chi connectivity index (χ3v) is 4.62. The lowest BCUT2D eigenvalue weighted by Crippen LogP contribution is -2.16. The second-order valence-electron chi connectivity index (χ2n) is 6.36. The normalized spacial score (nSPS) is 11.1. The van der Waals surface area contributed by atoms with E-state index in [1.165, 1.54) is 10.9 Å². The highest BCUT2D eigenvalue weighted by Crippen LogP contribution is 2.31. The molecule has 0 aliphatic rings. The summed E-state index contributed by atoms with van der Waals surface area (Å²) in [5.41, 5.74) is 3.24. The molecule has 28 heavy (non-hydrogen) atoms. The van der Waals surface area contributed by atoms with Crippen LogP contribution in [0.15, 0.2) is 53.1 Å². The number of ether oxygens (including phenoxy) is 2. The highest BCUT2D eigenvalue weighted by atomic mass is 16.5. The molecule has 0 aliphatic carbocycles. The number of aromatic nitrogens is 3. The fourth-order valence-corrected chi connectivity index (χ4v) is 3.17. The third-order valence-electron chi connectivity index (χ3n) is 4.62. The minimum absolute atomic E-state index is 0.453. The van der Waals surface area contributed by atoms with Gasteiger partial charge in [0.2, 0.25) is 11.8 Å². The number of H-pyrrole nitrogens is 1. The molecule has 0 atom stereocenters. The fourth-order valence-electron chi connectivity index (χ4n) is 3.17. The van der Waals surface area contributed by atoms with Crippen LogP contribution < -0.4 is 14.8 Å². The van der Waals surface area contributed by atoms with Gasteiger partial charge in [0.1, 0.15) is 0 Å². The summed E-state index contributed by atoms with van der Waals surface area (Å²) in [6.07, 6.45) is 2.98. The Morgan fingerprint density at radius 3 is 2.75 bits per heavy atom. The van der Waals surface area contributed by atoms with Gasteiger partial charge in [0.15, 0.2) is 11.5 Å². The second-order valence-corrected chi connectivity index (χ2v) is 6.36. The van der Waals surface area contributed by atoms with Crippen LogP contribution in [0.25, 0.3) is 22.4 Å². The first-order chi connectivity index (χ1) is 13.8. The molecule has 2 aromatic carbocycles. The van der Waals surface area contributed by atoms with Gasteiger partial charge in [-0.3, -0.25) is 0 Å². The molecule has 2 N–H and O–H groups in total. The molecular formula is C21H22N4O3. The van der Waals surface area contributed by atoms with Crippen molar-refractivity contribution in [3.05, 3.63) is 60.1 Å². The Kier molecular flexibility index (Phi) is 5.25. The Hall–Kier alpha value is -3.32. The molecule has 7 heteroatoms. The predicted octanol–water partition coefficient (Wildman–Crippen LogP) is 3.57. The summed E-state index contributed by atoms with van der Waals surface area (Å²) in [6.45, 7) is 1.33. The summed E-state index contributed by atoms with van der Waals surface area (Å²) < 4.78 is 16.3. The summed E-state index contributed by atoms with van der Waals surface area (Å²) >= 11 is 0. The smallest absolute Gasteiger partial charge is 0.247 e. The number of fused-ring (bicyclic) bond motifs is 1. The molecule has 4 aromatic rings. The van der Waals surface area contributed by atoms with Crippen LogP contribution >= 0.6 is 0 Å². The Labute approximate surface area is 162 Å². The molecule has 0 spiro atoms. The Morgan fingerprint density at radius 2 is 1.89 bits per heavy atom. The van der Waals surface area contributed by atoms with Crippen molar-refractivity contribution in [3.8, 4) is 23.0 Å². The fraction of sp³-hybridized carbons (Fsp3) is 0.238. The van der Waals surface area contributed by atoms with E-state index < -0.39 is 0 Å². The van der Waals surface area contributed by atoms with Crippen molar-refractivity contribution in [1.82, 2.24) is 20.5 Å². The van der Waals surface area contributed by atoms with E-state index in [0.29, 0.717) is 29.8 Å². The maximum Gasteiger partial charge on any atom is 0.247 e. The number of para-hydroxylation sites is 1. The van der Waals surface area contributed by atoms with Gasteiger partial charge in [0.25, 0.3) is 0 Å². The number of hydrogen-bond donors (Lipinski definition) is 2. The second kappa shape index (κ2) is 8.14. The van der Waals surface area contributed by atoms with Gasteiger partial charge in [-0.15, -0.1) is 10.2 Å². The van der Waals surface area contributed by atoms with Crippen molar-refractivity contribution < 1.29 is 13.9 Å². The van der Waals surface area contributed by atoms with E-state index >= 15 is 0 Å². The summed E-state index contributed by atoms with van der Waals surface area (Å²) in [6, 6.07) is 13.8. The quantitative estimate of drug-likeness (QED) is 0.456. The molecule has 2 aromatic heterocycles. The summed E-state index contributed by atoms with van der Waals surface area (Å²) in [5, 5.41) is 12.9. The molecule has 144 valence electrons. The summed E-state index contributed by atoms with van der Waals surface area (Å²) in [7, 11) is 3.20. The van der Waals surface area contributed by atoms with Gasteiger partial charge in [-0.05, 0) is 42.8 Å². The number of nitrogens with zero attached hydrogens (tertiary/aromatic N) is 2. The minimum Gasteiger partial charge on any atom is -0.493 e. The van der Waals surface area contributed by atoms with Crippen LogP contribution in [-0.4, -0.2) is 35.9 Å². The lowest BCUT2D eigenvalue weighted by atomic mass is 10.1. The molecule has 0 unspecified atom stereocenters. The largest absolute Gasteiger partial charge is 0.493 e. The van der Waals surface area contributed by atoms with E-state index in [1.54, 1.807) is 14.2 Å². The highest BCUT2D eigenvalue weighted by Gasteiger charge is 2.12. The van der Waals surface area contributed by atoms with Crippen LogP contribution in [-0.2, 0) is 13.0 Å². The molecule has 7 nitrogen and oxygen atoms in total. The maximum absolute atomic E-state index is 5.76. The van der Waals surface area contributed by atoms with Gasteiger partial charge < -0.3 is 24.2 Å². The summed E-state index contributed by atoms with van der Waals surface area (Å²) in [4.78, 5) is 3.30. The molecular weight excluding hydrogens is 356 g/mol. The van der Waals surface area contributed by atoms with Crippen molar-refractivity contribution in [3.63, 3.8) is 0 Å². The molecule has 2 heterocycles. The molecule has 0 amide bonds. The average Bonchev–Trinajstić information content (AvgIpc) is 3.38. The molecule has 0 saturated heterocycles. The van der Waals surface area contributed by atoms with Crippen molar-refractivity contribution >= 4 is 10.9 Å². The van der Waals surface area contributed by atoms with Gasteiger partial charge in [0.05, 0.1) is 20.8 Å². The van der Waals surface area contributed by atoms with E-state index in [0.717, 1.165) is 24.0 Å². The van der Waals surface area contributed by atoms with E-state index in [9.17, 15) is 0 Å². The zero-order chi connectivity index (χ0) is 19.3. The standard InChI is InChI=1S/C21H22N4O3/c1-26-18-8-7-14(11-19(18)27-2)21-25-24-20(28-21)13-22-10-9-15-12-23-17-6-4-3-5-16(15)17/h3-8,11-12,22-23H,9-10,13H2,1-2H3. The first-order valence-electron chi connectivity index (χ1n) is 9.09. The Bertz CT molecular complexity index is 1070. The van der Waals surface area contributed by atoms with Crippen LogP contribution in [0.3, 0.4) is 0 Å². The molecule has 0 fully saturated rings. The van der Waals surface area contributed by atoms with Gasteiger partial charge in [0, 0.05) is 22.7 Å². The van der Waals surface area contributed by atoms with Crippen molar-refractivity contribution in [2.45, 2.75) is 13.0 Å². The lowest BCUT2D eigenvalue weighted by Gasteiger charge is -2.07. The molecule has 0 saturated carbocycles. The predicted molar refractivity (Wildman–Crippen MR) is 107 cm³/mol. The number of nitrogens with one attached hydrogen (secondary N) is 2. The minimum atomic E-state index is 0.453. The van der Waals surface area contributed by atoms with Gasteiger partial charge >= 0.3 is 0 Å². The molecule has 0 bridgehead atoms. The summed E-state index contributed by atoms with van der Waals surface area (Å²) in [5.74, 6) is 2.28. The van der Waals surface area contributed by atoms with E-state index in [2.05, 4.69) is 44.9 Å². The van der Waals surface area contributed by atoms with Crippen LogP contribution in [0.1, 0.15) is 11.5 Å². The van der Waals surface area contributed by atoms with Crippen LogP contribution in [0.5, 0.6) is 11.5 Å². The topological polar surface area (TPSA) is 85.2 Å². The van der Waals surface area contributed by atoms with Crippen LogP contribution in [0.4, 0.5) is 0 Å². The first-order valence-corrected chi connectivity index (χ1v) is 9.09. The number of aromatic amines is 1. The maximum atomic E-state index is 5.76. The Morgan fingerprint density at radius 1 is 1.04 bits per heavy atom. The first kappa shape index (κ1) is 18.1. The molecule has 4 rings (SSSR count). The third kappa shape index (κ3) is 3.70. The zero-order valence-electron chi connectivity index (χ0n) is 15.9. The monoisotopic (exact) mass is 378 g/mol. The molecule has 0 aliphatic heterocycles.